The molecule has 2 aliphatic rings. The summed E-state index contributed by atoms with van der Waals surface area (Å²) in [5, 5.41) is 0. The third kappa shape index (κ3) is 13.1. The molecule has 0 amide bonds. The monoisotopic (exact) mass is 552 g/mol. The van der Waals surface area contributed by atoms with Crippen molar-refractivity contribution in [3.63, 3.8) is 0 Å². The van der Waals surface area contributed by atoms with Gasteiger partial charge in [0.1, 0.15) is 0 Å². The minimum atomic E-state index is -1.91. The molecule has 3 heteroatoms. The molecular weight excluding hydrogens is 508 g/mol. The molecule has 0 nitrogen and oxygen atoms in total. The van der Waals surface area contributed by atoms with E-state index in [9.17, 15) is 0 Å². The molecule has 0 spiro atoms. The van der Waals surface area contributed by atoms with Gasteiger partial charge in [0.15, 0.2) is 0 Å². The van der Waals surface area contributed by atoms with E-state index in [4.69, 9.17) is 9.69 Å². The van der Waals surface area contributed by atoms with Crippen molar-refractivity contribution in [2.45, 2.75) is 115 Å². The molecule has 27 heavy (non-hydrogen) atoms. The molecule has 0 N–H and O–H groups in total. The third-order valence-corrected chi connectivity index (χ3v) is 23.6. The number of hydrogen-bond donors (Lipinski definition) is 0. The summed E-state index contributed by atoms with van der Waals surface area (Å²) >= 11 is -1.06. The summed E-state index contributed by atoms with van der Waals surface area (Å²) < 4.78 is 6.13. The van der Waals surface area contributed by atoms with Gasteiger partial charge in [0.25, 0.3) is 0 Å². The zero-order valence-corrected chi connectivity index (χ0v) is 25.2. The number of halogens is 1. The van der Waals surface area contributed by atoms with Crippen LogP contribution in [0.2, 0.25) is 17.2 Å². The summed E-state index contributed by atoms with van der Waals surface area (Å²) in [6, 6.07) is 0. The van der Waals surface area contributed by atoms with E-state index in [1.54, 1.807) is 19.7 Å². The summed E-state index contributed by atoms with van der Waals surface area (Å²) in [6.45, 7) is 7.15. The summed E-state index contributed by atoms with van der Waals surface area (Å²) in [7, 11) is 4.76. The van der Waals surface area contributed by atoms with Gasteiger partial charge < -0.3 is 0 Å². The van der Waals surface area contributed by atoms with Crippen LogP contribution in [0.25, 0.3) is 0 Å². The standard InChI is InChI=1S/2C6H9.3C4H9.ClH.Sn.Zn/c2*1-2-4-6-5-3-1;3*1-3-4-2;;;/h2*1-3H,4-6H2;3*1,3-4H2,2H3;1H;;/q;-1;;;;;;+2/p-1. The van der Waals surface area contributed by atoms with E-state index < -0.39 is 18.4 Å². The first kappa shape index (κ1) is 28.1. The van der Waals surface area contributed by atoms with Gasteiger partial charge in [-0.1, -0.05) is 6.42 Å². The fourth-order valence-corrected chi connectivity index (χ4v) is 22.7. The molecule has 2 rings (SSSR count). The van der Waals surface area contributed by atoms with Gasteiger partial charge in [0, 0.05) is 0 Å². The van der Waals surface area contributed by atoms with Gasteiger partial charge in [-0.15, -0.1) is 12.8 Å². The molecular formula is C24H45ClSnZn. The Morgan fingerprint density at radius 2 is 1.44 bits per heavy atom. The molecule has 0 saturated carbocycles. The van der Waals surface area contributed by atoms with Gasteiger partial charge in [-0.3, -0.25) is 0 Å². The van der Waals surface area contributed by atoms with Crippen LogP contribution in [-0.2, 0) is 17.3 Å². The zero-order valence-electron chi connectivity index (χ0n) is 18.7. The SMILES string of the molecule is C1=CCCC[CH-]1.CCC[CH2][Sn]([CH2]CCC)([CH2]CCC)[CH]1C=CCCC1.[Cl][Zn+]. The Hall–Kier alpha value is 1.06. The van der Waals surface area contributed by atoms with E-state index in [1.165, 1.54) is 70.6 Å². The predicted molar refractivity (Wildman–Crippen MR) is 125 cm³/mol. The number of unbranched alkanes of at least 4 members (excludes halogenated alkanes) is 3. The number of hydrogen-bond acceptors (Lipinski definition) is 0. The van der Waals surface area contributed by atoms with E-state index >= 15 is 0 Å². The normalized spacial score (nSPS) is 18.7. The first-order chi connectivity index (χ1) is 13.3. The van der Waals surface area contributed by atoms with Crippen molar-refractivity contribution >= 4 is 28.1 Å². The summed E-state index contributed by atoms with van der Waals surface area (Å²) in [4.78, 5) is 0. The molecule has 0 heterocycles. The third-order valence-electron chi connectivity index (χ3n) is 6.14. The molecule has 0 aliphatic heterocycles. The quantitative estimate of drug-likeness (QED) is 0.144. The van der Waals surface area contributed by atoms with E-state index in [-0.39, 0.29) is 0 Å². The van der Waals surface area contributed by atoms with Crippen LogP contribution in [0.4, 0.5) is 0 Å². The minimum absolute atomic E-state index is 0.847. The molecule has 0 aromatic rings. The van der Waals surface area contributed by atoms with E-state index in [0.29, 0.717) is 0 Å². The Morgan fingerprint density at radius 1 is 0.889 bits per heavy atom. The van der Waals surface area contributed by atoms with Crippen molar-refractivity contribution < 1.29 is 17.3 Å². The Morgan fingerprint density at radius 3 is 1.74 bits per heavy atom. The average Bonchev–Trinajstić information content (AvgIpc) is 2.77. The van der Waals surface area contributed by atoms with E-state index in [0.717, 1.165) is 21.2 Å². The molecule has 0 bridgehead atoms. The van der Waals surface area contributed by atoms with Crippen molar-refractivity contribution in [1.29, 1.82) is 0 Å². The van der Waals surface area contributed by atoms with Crippen molar-refractivity contribution in [2.75, 3.05) is 0 Å². The Kier molecular flexibility index (Phi) is 21.1. The number of allylic oxidation sites excluding steroid dienone is 4. The summed E-state index contributed by atoms with van der Waals surface area (Å²) in [5.74, 6) is 0. The second kappa shape index (κ2) is 20.3. The fourth-order valence-electron chi connectivity index (χ4n) is 4.48. The second-order valence-electron chi connectivity index (χ2n) is 8.23. The van der Waals surface area contributed by atoms with Gasteiger partial charge in [-0.2, -0.15) is 0 Å². The van der Waals surface area contributed by atoms with E-state index in [1.807, 2.05) is 0 Å². The molecule has 154 valence electrons. The Balaban J connectivity index is 0.000000702. The zero-order chi connectivity index (χ0) is 20.2. The summed E-state index contributed by atoms with van der Waals surface area (Å²) in [5.41, 5.74) is 0. The van der Waals surface area contributed by atoms with Gasteiger partial charge in [-0.05, 0) is 0 Å². The van der Waals surface area contributed by atoms with Crippen LogP contribution in [0, 0.1) is 6.42 Å². The fraction of sp³-hybridized carbons (Fsp3) is 0.792. The molecule has 0 aromatic heterocycles. The first-order valence-corrected chi connectivity index (χ1v) is 23.3. The Labute approximate surface area is 190 Å². The second-order valence-corrected chi connectivity index (χ2v) is 22.4. The molecule has 0 radical (unpaired) electrons. The van der Waals surface area contributed by atoms with Crippen LogP contribution in [-0.4, -0.2) is 18.4 Å². The number of rotatable bonds is 10. The van der Waals surface area contributed by atoms with Crippen LogP contribution < -0.4 is 0 Å². The van der Waals surface area contributed by atoms with Crippen molar-refractivity contribution in [1.82, 2.24) is 0 Å². The van der Waals surface area contributed by atoms with Crippen molar-refractivity contribution in [2.24, 2.45) is 0 Å². The van der Waals surface area contributed by atoms with Gasteiger partial charge in [0.2, 0.25) is 0 Å². The summed E-state index contributed by atoms with van der Waals surface area (Å²) in [6.07, 6.45) is 28.9. The molecule has 0 fully saturated rings. The van der Waals surface area contributed by atoms with Crippen molar-refractivity contribution in [3.05, 3.63) is 30.7 Å². The van der Waals surface area contributed by atoms with Crippen LogP contribution >= 0.6 is 9.69 Å². The van der Waals surface area contributed by atoms with Crippen LogP contribution in [0.1, 0.15) is 97.8 Å². The van der Waals surface area contributed by atoms with Crippen LogP contribution in [0.3, 0.4) is 0 Å². The molecule has 1 atom stereocenters. The average molecular weight is 553 g/mol. The van der Waals surface area contributed by atoms with Gasteiger partial charge in [-0.25, -0.2) is 18.6 Å². The van der Waals surface area contributed by atoms with Gasteiger partial charge >= 0.3 is 153 Å². The maximum absolute atomic E-state index is 4.76. The van der Waals surface area contributed by atoms with E-state index in [2.05, 4.69) is 51.5 Å². The maximum atomic E-state index is 4.76. The Bertz CT molecular complexity index is 338. The van der Waals surface area contributed by atoms with Crippen LogP contribution in [0.15, 0.2) is 24.3 Å². The topological polar surface area (TPSA) is 0 Å². The first-order valence-electron chi connectivity index (χ1n) is 11.7. The molecule has 0 saturated heterocycles. The van der Waals surface area contributed by atoms with Gasteiger partial charge in [0.05, 0.1) is 0 Å². The predicted octanol–water partition coefficient (Wildman–Crippen LogP) is 9.56. The molecule has 0 aromatic carbocycles. The molecule has 2 aliphatic carbocycles. The molecule has 1 unspecified atom stereocenters. The van der Waals surface area contributed by atoms with Crippen LogP contribution in [0.5, 0.6) is 0 Å². The van der Waals surface area contributed by atoms with Crippen molar-refractivity contribution in [3.8, 4) is 0 Å².